The lowest BCUT2D eigenvalue weighted by Crippen LogP contribution is -2.44. The molecule has 0 saturated carbocycles. The third kappa shape index (κ3) is 2.49. The molecule has 6 heteroatoms. The fourth-order valence-electron chi connectivity index (χ4n) is 3.84. The Labute approximate surface area is 151 Å². The van der Waals surface area contributed by atoms with Crippen LogP contribution < -0.4 is 10.6 Å². The zero-order valence-corrected chi connectivity index (χ0v) is 14.1. The van der Waals surface area contributed by atoms with Gasteiger partial charge in [0.15, 0.2) is 0 Å². The fraction of sp³-hybridized carbons (Fsp3) is 0.250. The van der Waals surface area contributed by atoms with Crippen molar-refractivity contribution in [3.8, 4) is 6.07 Å². The third-order valence-electron chi connectivity index (χ3n) is 5.18. The van der Waals surface area contributed by atoms with Gasteiger partial charge >= 0.3 is 6.03 Å². The van der Waals surface area contributed by atoms with Crippen molar-refractivity contribution < 1.29 is 9.59 Å². The molecule has 6 nitrogen and oxygen atoms in total. The Hall–Kier alpha value is -3.33. The standard InChI is InChI=1S/C20H18N4O2/c21-11-15-10-20(16-8-4-5-9-17(16)23-18(20)25)13-24(15)19(26)22-12-14-6-2-1-3-7-14/h1-9,15H,10,12-13H2,(H,22,26)(H,23,25)/t15-,20-/m0/s1. The van der Waals surface area contributed by atoms with Gasteiger partial charge in [-0.2, -0.15) is 5.26 Å². The molecule has 1 fully saturated rings. The third-order valence-corrected chi connectivity index (χ3v) is 5.18. The summed E-state index contributed by atoms with van der Waals surface area (Å²) < 4.78 is 0. The molecular formula is C20H18N4O2. The second-order valence-electron chi connectivity index (χ2n) is 6.70. The van der Waals surface area contributed by atoms with Gasteiger partial charge in [0, 0.05) is 25.2 Å². The molecule has 0 radical (unpaired) electrons. The number of amides is 3. The average Bonchev–Trinajstić information content (AvgIpc) is 3.20. The molecule has 0 aliphatic carbocycles. The van der Waals surface area contributed by atoms with Crippen molar-refractivity contribution in [3.63, 3.8) is 0 Å². The molecule has 2 aromatic carbocycles. The van der Waals surface area contributed by atoms with Gasteiger partial charge in [0.05, 0.1) is 11.5 Å². The number of carbonyl (C=O) groups excluding carboxylic acids is 2. The molecule has 2 heterocycles. The van der Waals surface area contributed by atoms with Crippen molar-refractivity contribution in [1.82, 2.24) is 10.2 Å². The number of nitriles is 1. The largest absolute Gasteiger partial charge is 0.334 e. The first-order valence-electron chi connectivity index (χ1n) is 8.53. The van der Waals surface area contributed by atoms with Crippen molar-refractivity contribution >= 4 is 17.6 Å². The highest BCUT2D eigenvalue weighted by molar-refractivity contribution is 6.07. The Balaban J connectivity index is 1.56. The van der Waals surface area contributed by atoms with Gasteiger partial charge in [0.25, 0.3) is 0 Å². The van der Waals surface area contributed by atoms with Crippen LogP contribution in [0, 0.1) is 11.3 Å². The number of benzene rings is 2. The second kappa shape index (κ2) is 6.19. The summed E-state index contributed by atoms with van der Waals surface area (Å²) >= 11 is 0. The van der Waals surface area contributed by atoms with E-state index in [-0.39, 0.29) is 18.5 Å². The zero-order valence-electron chi connectivity index (χ0n) is 14.1. The van der Waals surface area contributed by atoms with Crippen molar-refractivity contribution in [2.45, 2.75) is 24.4 Å². The van der Waals surface area contributed by atoms with Gasteiger partial charge in [-0.25, -0.2) is 4.79 Å². The number of carbonyl (C=O) groups is 2. The van der Waals surface area contributed by atoms with Gasteiger partial charge < -0.3 is 15.5 Å². The van der Waals surface area contributed by atoms with Crippen LogP contribution in [0.5, 0.6) is 0 Å². The van der Waals surface area contributed by atoms with E-state index in [2.05, 4.69) is 16.7 Å². The van der Waals surface area contributed by atoms with Crippen LogP contribution in [0.1, 0.15) is 17.5 Å². The Morgan fingerprint density at radius 3 is 2.73 bits per heavy atom. The number of anilines is 1. The van der Waals surface area contributed by atoms with Gasteiger partial charge in [-0.05, 0) is 17.2 Å². The maximum atomic E-state index is 12.7. The molecule has 4 rings (SSSR count). The van der Waals surface area contributed by atoms with E-state index < -0.39 is 11.5 Å². The van der Waals surface area contributed by atoms with E-state index in [1.165, 1.54) is 4.90 Å². The number of hydrogen-bond acceptors (Lipinski definition) is 3. The van der Waals surface area contributed by atoms with E-state index in [1.54, 1.807) is 0 Å². The van der Waals surface area contributed by atoms with E-state index in [9.17, 15) is 14.9 Å². The van der Waals surface area contributed by atoms with Crippen LogP contribution in [0.2, 0.25) is 0 Å². The normalized spacial score (nSPS) is 23.4. The summed E-state index contributed by atoms with van der Waals surface area (Å²) in [6.07, 6.45) is 0.311. The summed E-state index contributed by atoms with van der Waals surface area (Å²) in [6.45, 7) is 0.582. The summed E-state index contributed by atoms with van der Waals surface area (Å²) in [4.78, 5) is 26.8. The lowest BCUT2D eigenvalue weighted by Gasteiger charge is -2.23. The Kier molecular flexibility index (Phi) is 3.85. The number of para-hydroxylation sites is 1. The van der Waals surface area contributed by atoms with Crippen LogP contribution in [-0.4, -0.2) is 29.4 Å². The maximum absolute atomic E-state index is 12.7. The number of rotatable bonds is 2. The summed E-state index contributed by atoms with van der Waals surface area (Å²) in [5, 5.41) is 15.3. The highest BCUT2D eigenvalue weighted by atomic mass is 16.2. The van der Waals surface area contributed by atoms with Gasteiger partial charge in [-0.3, -0.25) is 4.79 Å². The molecule has 26 heavy (non-hydrogen) atoms. The Morgan fingerprint density at radius 1 is 1.23 bits per heavy atom. The maximum Gasteiger partial charge on any atom is 0.318 e. The van der Waals surface area contributed by atoms with Gasteiger partial charge in [0.2, 0.25) is 5.91 Å². The molecule has 2 aliphatic rings. The fourth-order valence-corrected chi connectivity index (χ4v) is 3.84. The van der Waals surface area contributed by atoms with Gasteiger partial charge in [-0.15, -0.1) is 0 Å². The average molecular weight is 346 g/mol. The van der Waals surface area contributed by atoms with Gasteiger partial charge in [0.1, 0.15) is 6.04 Å². The minimum atomic E-state index is -0.846. The monoisotopic (exact) mass is 346 g/mol. The summed E-state index contributed by atoms with van der Waals surface area (Å²) in [5.41, 5.74) is 1.76. The first-order valence-corrected chi connectivity index (χ1v) is 8.53. The predicted octanol–water partition coefficient (Wildman–Crippen LogP) is 2.38. The zero-order chi connectivity index (χ0) is 18.1. The minimum absolute atomic E-state index is 0.141. The van der Waals surface area contributed by atoms with Crippen LogP contribution in [0.4, 0.5) is 10.5 Å². The molecule has 130 valence electrons. The lowest BCUT2D eigenvalue weighted by atomic mass is 9.80. The Bertz CT molecular complexity index is 906. The van der Waals surface area contributed by atoms with E-state index in [0.717, 1.165) is 16.8 Å². The van der Waals surface area contributed by atoms with E-state index in [0.29, 0.717) is 13.0 Å². The smallest absolute Gasteiger partial charge is 0.318 e. The van der Waals surface area contributed by atoms with E-state index in [1.807, 2.05) is 54.6 Å². The highest BCUT2D eigenvalue weighted by Gasteiger charge is 2.55. The molecule has 2 N–H and O–H groups in total. The molecule has 0 unspecified atom stereocenters. The lowest BCUT2D eigenvalue weighted by molar-refractivity contribution is -0.120. The number of nitrogens with zero attached hydrogens (tertiary/aromatic N) is 2. The predicted molar refractivity (Wildman–Crippen MR) is 96.2 cm³/mol. The van der Waals surface area contributed by atoms with Crippen LogP contribution >= 0.6 is 0 Å². The summed E-state index contributed by atoms with van der Waals surface area (Å²) in [7, 11) is 0. The van der Waals surface area contributed by atoms with Crippen LogP contribution in [0.15, 0.2) is 54.6 Å². The first-order chi connectivity index (χ1) is 12.6. The number of hydrogen-bond donors (Lipinski definition) is 2. The van der Waals surface area contributed by atoms with E-state index in [4.69, 9.17) is 0 Å². The van der Waals surface area contributed by atoms with Gasteiger partial charge in [-0.1, -0.05) is 48.5 Å². The topological polar surface area (TPSA) is 85.2 Å². The molecule has 2 atom stereocenters. The van der Waals surface area contributed by atoms with Crippen molar-refractivity contribution in [3.05, 3.63) is 65.7 Å². The van der Waals surface area contributed by atoms with Crippen LogP contribution in [0.25, 0.3) is 0 Å². The van der Waals surface area contributed by atoms with Crippen molar-refractivity contribution in [2.75, 3.05) is 11.9 Å². The summed E-state index contributed by atoms with van der Waals surface area (Å²) in [5.74, 6) is -0.141. The molecular weight excluding hydrogens is 328 g/mol. The molecule has 2 aliphatic heterocycles. The quantitative estimate of drug-likeness (QED) is 0.875. The SMILES string of the molecule is N#C[C@@H]1C[C@@]2(CN1C(=O)NCc1ccccc1)C(=O)Nc1ccccc12. The van der Waals surface area contributed by atoms with Crippen LogP contribution in [-0.2, 0) is 16.8 Å². The first kappa shape index (κ1) is 16.2. The van der Waals surface area contributed by atoms with E-state index >= 15 is 0 Å². The number of urea groups is 1. The number of fused-ring (bicyclic) bond motifs is 2. The van der Waals surface area contributed by atoms with Crippen molar-refractivity contribution in [2.24, 2.45) is 0 Å². The number of nitrogens with one attached hydrogen (secondary N) is 2. The molecule has 2 aromatic rings. The second-order valence-corrected chi connectivity index (χ2v) is 6.70. The summed E-state index contributed by atoms with van der Waals surface area (Å²) in [6, 6.07) is 18.3. The molecule has 1 spiro atoms. The van der Waals surface area contributed by atoms with Crippen molar-refractivity contribution in [1.29, 1.82) is 5.26 Å². The molecule has 0 aromatic heterocycles. The molecule has 0 bridgehead atoms. The highest BCUT2D eigenvalue weighted by Crippen LogP contribution is 2.46. The Morgan fingerprint density at radius 2 is 1.96 bits per heavy atom. The number of likely N-dealkylation sites (tertiary alicyclic amines) is 1. The van der Waals surface area contributed by atoms with Crippen LogP contribution in [0.3, 0.4) is 0 Å². The molecule has 1 saturated heterocycles. The molecule has 3 amide bonds. The minimum Gasteiger partial charge on any atom is -0.334 e.